The molecule has 0 aliphatic carbocycles. The van der Waals surface area contributed by atoms with Crippen LogP contribution in [0.2, 0.25) is 0 Å². The summed E-state index contributed by atoms with van der Waals surface area (Å²) in [7, 11) is 2.16. The van der Waals surface area contributed by atoms with Gasteiger partial charge in [0.25, 0.3) is 0 Å². The molecule has 1 aliphatic rings. The summed E-state index contributed by atoms with van der Waals surface area (Å²) in [6, 6.07) is 2.62. The van der Waals surface area contributed by atoms with Crippen LogP contribution in [0.3, 0.4) is 0 Å². The fourth-order valence-corrected chi connectivity index (χ4v) is 2.47. The molecular weight excluding hydrogens is 226 g/mol. The Morgan fingerprint density at radius 2 is 2.39 bits per heavy atom. The van der Waals surface area contributed by atoms with Crippen molar-refractivity contribution >= 4 is 0 Å². The minimum Gasteiger partial charge on any atom is -0.374 e. The van der Waals surface area contributed by atoms with Crippen molar-refractivity contribution < 1.29 is 4.74 Å². The lowest BCUT2D eigenvalue weighted by Gasteiger charge is -2.30. The highest BCUT2D eigenvalue weighted by Gasteiger charge is 2.18. The number of hydrogen-bond donors (Lipinski definition) is 1. The van der Waals surface area contributed by atoms with E-state index in [0.717, 1.165) is 32.8 Å². The second kappa shape index (κ2) is 6.36. The van der Waals surface area contributed by atoms with Crippen molar-refractivity contribution in [3.63, 3.8) is 0 Å². The Labute approximate surface area is 110 Å². The van der Waals surface area contributed by atoms with E-state index in [0.29, 0.717) is 12.1 Å². The van der Waals surface area contributed by atoms with E-state index < -0.39 is 0 Å². The normalized spacial score (nSPS) is 23.2. The van der Waals surface area contributed by atoms with Gasteiger partial charge in [-0.15, -0.1) is 0 Å². The molecule has 0 bridgehead atoms. The molecule has 0 saturated carbocycles. The Kier molecular flexibility index (Phi) is 4.80. The summed E-state index contributed by atoms with van der Waals surface area (Å²) in [5.41, 5.74) is 1.35. The largest absolute Gasteiger partial charge is 0.374 e. The van der Waals surface area contributed by atoms with Crippen LogP contribution in [0.4, 0.5) is 0 Å². The van der Waals surface area contributed by atoms with Gasteiger partial charge in [0.05, 0.1) is 12.7 Å². The fraction of sp³-hybridized carbons (Fsp3) is 0.714. The zero-order valence-electron chi connectivity index (χ0n) is 11.7. The Morgan fingerprint density at radius 1 is 1.56 bits per heavy atom. The summed E-state index contributed by atoms with van der Waals surface area (Å²) in [6.07, 6.45) is 4.70. The second-order valence-corrected chi connectivity index (χ2v) is 5.18. The molecule has 0 spiro atoms. The summed E-state index contributed by atoms with van der Waals surface area (Å²) in [4.78, 5) is 2.33. The van der Waals surface area contributed by atoms with E-state index in [1.54, 1.807) is 0 Å². The maximum absolute atomic E-state index is 5.79. The third-order valence-electron chi connectivity index (χ3n) is 3.54. The monoisotopic (exact) mass is 251 g/mol. The zero-order chi connectivity index (χ0) is 13.0. The lowest BCUT2D eigenvalue weighted by atomic mass is 10.2. The van der Waals surface area contributed by atoms with E-state index in [-0.39, 0.29) is 0 Å². The minimum absolute atomic E-state index is 0.318. The van der Waals surface area contributed by atoms with Crippen LogP contribution in [0.25, 0.3) is 0 Å². The third kappa shape index (κ3) is 3.57. The predicted molar refractivity (Wildman–Crippen MR) is 73.8 cm³/mol. The van der Waals surface area contributed by atoms with E-state index in [1.807, 2.05) is 0 Å². The van der Waals surface area contributed by atoms with Crippen LogP contribution in [0.15, 0.2) is 18.5 Å². The van der Waals surface area contributed by atoms with Crippen molar-refractivity contribution in [1.29, 1.82) is 0 Å². The summed E-state index contributed by atoms with van der Waals surface area (Å²) < 4.78 is 8.03. The summed E-state index contributed by atoms with van der Waals surface area (Å²) in [5.74, 6) is 0. The van der Waals surface area contributed by atoms with E-state index in [4.69, 9.17) is 4.74 Å². The minimum atomic E-state index is 0.318. The summed E-state index contributed by atoms with van der Waals surface area (Å²) >= 11 is 0. The molecule has 1 N–H and O–H groups in total. The van der Waals surface area contributed by atoms with Crippen LogP contribution < -0.4 is 5.32 Å². The zero-order valence-corrected chi connectivity index (χ0v) is 11.7. The van der Waals surface area contributed by atoms with Crippen LogP contribution in [0.1, 0.15) is 25.5 Å². The van der Waals surface area contributed by atoms with Crippen LogP contribution in [0, 0.1) is 0 Å². The van der Waals surface area contributed by atoms with E-state index >= 15 is 0 Å². The number of morpholine rings is 1. The maximum atomic E-state index is 5.79. The molecule has 2 unspecified atom stereocenters. The van der Waals surface area contributed by atoms with Gasteiger partial charge in [-0.25, -0.2) is 0 Å². The number of likely N-dealkylation sites (N-methyl/N-ethyl adjacent to an activating group) is 1. The SMILES string of the molecule is CCNC(C)c1ccn(CC2CN(C)CCO2)c1. The average Bonchev–Trinajstić information content (AvgIpc) is 2.78. The first-order chi connectivity index (χ1) is 8.69. The number of rotatable bonds is 5. The van der Waals surface area contributed by atoms with Gasteiger partial charge in [-0.2, -0.15) is 0 Å². The second-order valence-electron chi connectivity index (χ2n) is 5.18. The molecule has 2 atom stereocenters. The molecule has 1 aromatic rings. The van der Waals surface area contributed by atoms with Gasteiger partial charge >= 0.3 is 0 Å². The lowest BCUT2D eigenvalue weighted by molar-refractivity contribution is -0.0274. The van der Waals surface area contributed by atoms with Gasteiger partial charge in [-0.3, -0.25) is 0 Å². The standard InChI is InChI=1S/C14H25N3O/c1-4-15-12(2)13-5-6-17(9-13)11-14-10-16(3)7-8-18-14/h5-6,9,12,14-15H,4,7-8,10-11H2,1-3H3. The molecule has 1 aliphatic heterocycles. The first kappa shape index (κ1) is 13.6. The van der Waals surface area contributed by atoms with Crippen LogP contribution in [-0.2, 0) is 11.3 Å². The fourth-order valence-electron chi connectivity index (χ4n) is 2.47. The van der Waals surface area contributed by atoms with Crippen molar-refractivity contribution in [2.24, 2.45) is 0 Å². The molecule has 2 heterocycles. The van der Waals surface area contributed by atoms with Crippen LogP contribution >= 0.6 is 0 Å². The van der Waals surface area contributed by atoms with Crippen LogP contribution in [0.5, 0.6) is 0 Å². The van der Waals surface area contributed by atoms with Gasteiger partial charge in [0.2, 0.25) is 0 Å². The van der Waals surface area contributed by atoms with Crippen molar-refractivity contribution in [3.8, 4) is 0 Å². The third-order valence-corrected chi connectivity index (χ3v) is 3.54. The first-order valence-corrected chi connectivity index (χ1v) is 6.88. The molecule has 2 rings (SSSR count). The number of nitrogens with zero attached hydrogens (tertiary/aromatic N) is 2. The Balaban J connectivity index is 1.89. The Bertz CT molecular complexity index is 364. The molecular formula is C14H25N3O. The predicted octanol–water partition coefficient (Wildman–Crippen LogP) is 1.49. The Hall–Kier alpha value is -0.840. The summed E-state index contributed by atoms with van der Waals surface area (Å²) in [6.45, 7) is 9.21. The van der Waals surface area contributed by atoms with E-state index in [2.05, 4.69) is 54.1 Å². The first-order valence-electron chi connectivity index (χ1n) is 6.88. The molecule has 4 nitrogen and oxygen atoms in total. The van der Waals surface area contributed by atoms with Gasteiger partial charge in [0.1, 0.15) is 0 Å². The highest BCUT2D eigenvalue weighted by molar-refractivity contribution is 5.14. The van der Waals surface area contributed by atoms with Crippen molar-refractivity contribution in [2.45, 2.75) is 32.5 Å². The van der Waals surface area contributed by atoms with Gasteiger partial charge in [-0.1, -0.05) is 6.92 Å². The molecule has 0 radical (unpaired) electrons. The molecule has 18 heavy (non-hydrogen) atoms. The van der Waals surface area contributed by atoms with E-state index in [9.17, 15) is 0 Å². The average molecular weight is 251 g/mol. The maximum Gasteiger partial charge on any atom is 0.0880 e. The van der Waals surface area contributed by atoms with E-state index in [1.165, 1.54) is 5.56 Å². The molecule has 1 saturated heterocycles. The number of ether oxygens (including phenoxy) is 1. The smallest absolute Gasteiger partial charge is 0.0880 e. The van der Waals surface area contributed by atoms with Crippen molar-refractivity contribution in [2.75, 3.05) is 33.3 Å². The number of aromatic nitrogens is 1. The lowest BCUT2D eigenvalue weighted by Crippen LogP contribution is -2.41. The molecule has 1 aromatic heterocycles. The van der Waals surface area contributed by atoms with Crippen molar-refractivity contribution in [1.82, 2.24) is 14.8 Å². The topological polar surface area (TPSA) is 29.4 Å². The molecule has 4 heteroatoms. The molecule has 0 amide bonds. The number of nitrogens with one attached hydrogen (secondary N) is 1. The molecule has 1 fully saturated rings. The number of hydrogen-bond acceptors (Lipinski definition) is 3. The molecule has 102 valence electrons. The Morgan fingerprint density at radius 3 is 3.11 bits per heavy atom. The van der Waals surface area contributed by atoms with Crippen LogP contribution in [-0.4, -0.2) is 48.9 Å². The van der Waals surface area contributed by atoms with Gasteiger partial charge in [0, 0.05) is 38.1 Å². The molecule has 0 aromatic carbocycles. The highest BCUT2D eigenvalue weighted by Crippen LogP contribution is 2.14. The quantitative estimate of drug-likeness (QED) is 0.860. The van der Waals surface area contributed by atoms with Crippen molar-refractivity contribution in [3.05, 3.63) is 24.0 Å². The van der Waals surface area contributed by atoms with Gasteiger partial charge in [-0.05, 0) is 32.1 Å². The van der Waals surface area contributed by atoms with Gasteiger partial charge < -0.3 is 19.5 Å². The summed E-state index contributed by atoms with van der Waals surface area (Å²) in [5, 5.41) is 3.43. The van der Waals surface area contributed by atoms with Gasteiger partial charge in [0.15, 0.2) is 0 Å². The highest BCUT2D eigenvalue weighted by atomic mass is 16.5.